The fraction of sp³-hybridized carbons (Fsp3) is 0.500. The molecule has 3 nitrogen and oxygen atoms in total. The van der Waals surface area contributed by atoms with E-state index >= 15 is 0 Å². The van der Waals surface area contributed by atoms with Crippen LogP contribution in [-0.4, -0.2) is 46.9 Å². The van der Waals surface area contributed by atoms with E-state index in [1.165, 1.54) is 0 Å². The van der Waals surface area contributed by atoms with Gasteiger partial charge in [0.2, 0.25) is 0 Å². The first kappa shape index (κ1) is 14.2. The predicted molar refractivity (Wildman–Crippen MR) is 84.1 cm³/mol. The summed E-state index contributed by atoms with van der Waals surface area (Å²) in [5.41, 5.74) is 1.49. The van der Waals surface area contributed by atoms with Gasteiger partial charge >= 0.3 is 0 Å². The summed E-state index contributed by atoms with van der Waals surface area (Å²) in [5, 5.41) is 0. The normalized spacial score (nSPS) is 25.1. The quantitative estimate of drug-likeness (QED) is 0.778. The Morgan fingerprint density at radius 3 is 2.52 bits per heavy atom. The highest BCUT2D eigenvalue weighted by molar-refractivity contribution is 5.95. The molecule has 0 N–H and O–H groups in total. The number of benzene rings is 1. The second-order valence-electron chi connectivity index (χ2n) is 6.37. The number of amides is 1. The number of terminal acetylenes is 1. The van der Waals surface area contributed by atoms with Crippen LogP contribution in [0.1, 0.15) is 42.6 Å². The third kappa shape index (κ3) is 2.56. The molecule has 0 saturated carbocycles. The molecular weight excluding hydrogens is 260 g/mol. The minimum absolute atomic E-state index is 0.142. The van der Waals surface area contributed by atoms with Crippen molar-refractivity contribution in [3.63, 3.8) is 0 Å². The van der Waals surface area contributed by atoms with Crippen molar-refractivity contribution < 1.29 is 4.79 Å². The van der Waals surface area contributed by atoms with E-state index in [2.05, 4.69) is 29.6 Å². The van der Waals surface area contributed by atoms with E-state index < -0.39 is 0 Å². The van der Waals surface area contributed by atoms with Gasteiger partial charge < -0.3 is 4.90 Å². The van der Waals surface area contributed by atoms with Gasteiger partial charge in [0.1, 0.15) is 0 Å². The van der Waals surface area contributed by atoms with E-state index in [1.807, 2.05) is 24.3 Å². The Morgan fingerprint density at radius 2 is 1.95 bits per heavy atom. The molecule has 2 aliphatic heterocycles. The van der Waals surface area contributed by atoms with Gasteiger partial charge in [0, 0.05) is 42.3 Å². The molecule has 2 bridgehead atoms. The average Bonchev–Trinajstić information content (AvgIpc) is 2.76. The van der Waals surface area contributed by atoms with Crippen molar-refractivity contribution in [1.29, 1.82) is 0 Å². The van der Waals surface area contributed by atoms with Gasteiger partial charge in [0.15, 0.2) is 0 Å². The standard InChI is InChI=1S/C18H22N2O/c1-4-14-6-5-7-15(10-14)18(21)20-16-8-9-17(20)12-19(11-16)13(2)3/h1,5-7,10,13,16-17H,8-9,11-12H2,2-3H3. The minimum Gasteiger partial charge on any atom is -0.330 e. The molecule has 3 rings (SSSR count). The SMILES string of the molecule is C#Cc1cccc(C(=O)N2C3CCC2CN(C(C)C)C3)c1. The molecule has 2 unspecified atom stereocenters. The van der Waals surface area contributed by atoms with Crippen LogP contribution in [0.4, 0.5) is 0 Å². The zero-order valence-corrected chi connectivity index (χ0v) is 12.7. The summed E-state index contributed by atoms with van der Waals surface area (Å²) < 4.78 is 0. The molecule has 2 atom stereocenters. The van der Waals surface area contributed by atoms with Crippen LogP contribution in [0.25, 0.3) is 0 Å². The monoisotopic (exact) mass is 282 g/mol. The van der Waals surface area contributed by atoms with Gasteiger partial charge in [-0.2, -0.15) is 0 Å². The first-order chi connectivity index (χ1) is 10.1. The fourth-order valence-corrected chi connectivity index (χ4v) is 3.58. The fourth-order valence-electron chi connectivity index (χ4n) is 3.58. The maximum Gasteiger partial charge on any atom is 0.254 e. The van der Waals surface area contributed by atoms with Gasteiger partial charge in [-0.05, 0) is 44.9 Å². The number of hydrogen-bond acceptors (Lipinski definition) is 2. The molecule has 2 heterocycles. The van der Waals surface area contributed by atoms with Crippen molar-refractivity contribution in [3.8, 4) is 12.3 Å². The maximum absolute atomic E-state index is 12.8. The van der Waals surface area contributed by atoms with E-state index in [1.54, 1.807) is 0 Å². The van der Waals surface area contributed by atoms with Crippen LogP contribution in [0.5, 0.6) is 0 Å². The Labute approximate surface area is 126 Å². The van der Waals surface area contributed by atoms with Crippen LogP contribution in [0.15, 0.2) is 24.3 Å². The van der Waals surface area contributed by atoms with Crippen LogP contribution in [-0.2, 0) is 0 Å². The van der Waals surface area contributed by atoms with Crippen LogP contribution in [0, 0.1) is 12.3 Å². The highest BCUT2D eigenvalue weighted by atomic mass is 16.2. The molecule has 2 aliphatic rings. The van der Waals surface area contributed by atoms with Gasteiger partial charge in [0.05, 0.1) is 0 Å². The Morgan fingerprint density at radius 1 is 1.29 bits per heavy atom. The average molecular weight is 282 g/mol. The maximum atomic E-state index is 12.8. The van der Waals surface area contributed by atoms with Crippen molar-refractivity contribution in [2.24, 2.45) is 0 Å². The largest absolute Gasteiger partial charge is 0.330 e. The number of piperazine rings is 1. The zero-order valence-electron chi connectivity index (χ0n) is 12.7. The molecule has 0 aromatic heterocycles. The number of rotatable bonds is 2. The molecule has 1 amide bonds. The number of hydrogen-bond donors (Lipinski definition) is 0. The lowest BCUT2D eigenvalue weighted by Crippen LogP contribution is -2.57. The van der Waals surface area contributed by atoms with Crippen molar-refractivity contribution >= 4 is 5.91 Å². The summed E-state index contributed by atoms with van der Waals surface area (Å²) in [5.74, 6) is 2.75. The molecule has 2 fully saturated rings. The van der Waals surface area contributed by atoms with Gasteiger partial charge in [-0.3, -0.25) is 9.69 Å². The first-order valence-corrected chi connectivity index (χ1v) is 7.73. The molecule has 2 saturated heterocycles. The van der Waals surface area contributed by atoms with E-state index in [-0.39, 0.29) is 5.91 Å². The van der Waals surface area contributed by atoms with Crippen LogP contribution in [0.3, 0.4) is 0 Å². The Kier molecular flexibility index (Phi) is 3.73. The van der Waals surface area contributed by atoms with Gasteiger partial charge in [0.25, 0.3) is 5.91 Å². The van der Waals surface area contributed by atoms with Gasteiger partial charge in [-0.25, -0.2) is 0 Å². The summed E-state index contributed by atoms with van der Waals surface area (Å²) in [6.07, 6.45) is 7.67. The summed E-state index contributed by atoms with van der Waals surface area (Å²) >= 11 is 0. The molecular formula is C18H22N2O. The summed E-state index contributed by atoms with van der Waals surface area (Å²) in [4.78, 5) is 17.4. The molecule has 110 valence electrons. The van der Waals surface area contributed by atoms with E-state index in [0.29, 0.717) is 18.1 Å². The molecule has 21 heavy (non-hydrogen) atoms. The van der Waals surface area contributed by atoms with Gasteiger partial charge in [-0.1, -0.05) is 12.0 Å². The topological polar surface area (TPSA) is 23.6 Å². The second-order valence-corrected chi connectivity index (χ2v) is 6.37. The molecule has 0 spiro atoms. The number of fused-ring (bicyclic) bond motifs is 2. The molecule has 3 heteroatoms. The summed E-state index contributed by atoms with van der Waals surface area (Å²) in [6.45, 7) is 6.45. The number of carbonyl (C=O) groups excluding carboxylic acids is 1. The smallest absolute Gasteiger partial charge is 0.254 e. The van der Waals surface area contributed by atoms with E-state index in [0.717, 1.165) is 37.1 Å². The van der Waals surface area contributed by atoms with E-state index in [4.69, 9.17) is 6.42 Å². The Hall–Kier alpha value is -1.79. The summed E-state index contributed by atoms with van der Waals surface area (Å²) in [6, 6.07) is 8.70. The zero-order chi connectivity index (χ0) is 15.0. The highest BCUT2D eigenvalue weighted by Gasteiger charge is 2.43. The first-order valence-electron chi connectivity index (χ1n) is 7.73. The Bertz CT molecular complexity index is 573. The lowest BCUT2D eigenvalue weighted by molar-refractivity contribution is 0.0349. The highest BCUT2D eigenvalue weighted by Crippen LogP contribution is 2.32. The second kappa shape index (κ2) is 5.54. The third-order valence-electron chi connectivity index (χ3n) is 4.75. The number of carbonyl (C=O) groups is 1. The van der Waals surface area contributed by atoms with Crippen LogP contribution in [0.2, 0.25) is 0 Å². The number of likely N-dealkylation sites (tertiary alicyclic amines) is 1. The van der Waals surface area contributed by atoms with Crippen LogP contribution >= 0.6 is 0 Å². The molecule has 1 aromatic carbocycles. The van der Waals surface area contributed by atoms with Crippen molar-refractivity contribution in [2.45, 2.75) is 44.8 Å². The molecule has 0 radical (unpaired) electrons. The molecule has 0 aliphatic carbocycles. The number of nitrogens with zero attached hydrogens (tertiary/aromatic N) is 2. The lowest BCUT2D eigenvalue weighted by atomic mass is 10.1. The predicted octanol–water partition coefficient (Wildman–Crippen LogP) is 2.37. The molecule has 1 aromatic rings. The van der Waals surface area contributed by atoms with Crippen molar-refractivity contribution in [1.82, 2.24) is 9.80 Å². The van der Waals surface area contributed by atoms with E-state index in [9.17, 15) is 4.79 Å². The van der Waals surface area contributed by atoms with Crippen LogP contribution < -0.4 is 0 Å². The lowest BCUT2D eigenvalue weighted by Gasteiger charge is -2.42. The Balaban J connectivity index is 1.82. The minimum atomic E-state index is 0.142. The van der Waals surface area contributed by atoms with Gasteiger partial charge in [-0.15, -0.1) is 6.42 Å². The van der Waals surface area contributed by atoms with Crippen molar-refractivity contribution in [2.75, 3.05) is 13.1 Å². The third-order valence-corrected chi connectivity index (χ3v) is 4.75. The summed E-state index contributed by atoms with van der Waals surface area (Å²) in [7, 11) is 0. The van der Waals surface area contributed by atoms with Crippen molar-refractivity contribution in [3.05, 3.63) is 35.4 Å².